The molecule has 0 spiro atoms. The Balaban J connectivity index is 1.98. The van der Waals surface area contributed by atoms with Crippen molar-refractivity contribution in [3.8, 4) is 5.75 Å². The Kier molecular flexibility index (Phi) is 5.54. The summed E-state index contributed by atoms with van der Waals surface area (Å²) >= 11 is 5.83. The molecule has 0 heterocycles. The fraction of sp³-hybridized carbons (Fsp3) is 0.125. The molecule has 0 saturated heterocycles. The lowest BCUT2D eigenvalue weighted by Crippen LogP contribution is -2.21. The fourth-order valence-corrected chi connectivity index (χ4v) is 2.02. The van der Waals surface area contributed by atoms with Gasteiger partial charge in [0.25, 0.3) is 5.91 Å². The number of nitrogens with one attached hydrogen (secondary N) is 2. The lowest BCUT2D eigenvalue weighted by atomic mass is 10.3. The zero-order valence-electron chi connectivity index (χ0n) is 12.2. The standard InChI is InChI=1S/C16H14ClFN2O3/c1-10(21)19-14-4-2-3-5-15(14)23-9-16(22)20-13-7-6-11(18)8-12(13)17/h2-8H,9H2,1H3,(H,19,21)(H,20,22). The summed E-state index contributed by atoms with van der Waals surface area (Å²) in [6.45, 7) is 1.09. The Morgan fingerprint density at radius 3 is 2.57 bits per heavy atom. The van der Waals surface area contributed by atoms with Gasteiger partial charge in [0.15, 0.2) is 6.61 Å². The number of amides is 2. The van der Waals surface area contributed by atoms with Crippen LogP contribution >= 0.6 is 11.6 Å². The molecular formula is C16H14ClFN2O3. The predicted molar refractivity (Wildman–Crippen MR) is 86.3 cm³/mol. The minimum atomic E-state index is -0.492. The summed E-state index contributed by atoms with van der Waals surface area (Å²) in [5.74, 6) is -0.837. The lowest BCUT2D eigenvalue weighted by molar-refractivity contribution is -0.118. The maximum Gasteiger partial charge on any atom is 0.262 e. The van der Waals surface area contributed by atoms with E-state index in [0.29, 0.717) is 11.4 Å². The minimum absolute atomic E-state index is 0.0944. The van der Waals surface area contributed by atoms with Crippen molar-refractivity contribution < 1.29 is 18.7 Å². The van der Waals surface area contributed by atoms with Crippen LogP contribution in [0.3, 0.4) is 0 Å². The molecule has 0 bridgehead atoms. The highest BCUT2D eigenvalue weighted by molar-refractivity contribution is 6.33. The van der Waals surface area contributed by atoms with E-state index in [9.17, 15) is 14.0 Å². The molecule has 5 nitrogen and oxygen atoms in total. The zero-order valence-corrected chi connectivity index (χ0v) is 13.0. The molecule has 2 rings (SSSR count). The summed E-state index contributed by atoms with van der Waals surface area (Å²) in [7, 11) is 0. The number of halogens is 2. The van der Waals surface area contributed by atoms with Crippen molar-refractivity contribution in [2.24, 2.45) is 0 Å². The van der Waals surface area contributed by atoms with E-state index in [0.717, 1.165) is 6.07 Å². The average molecular weight is 337 g/mol. The molecule has 23 heavy (non-hydrogen) atoms. The van der Waals surface area contributed by atoms with Crippen molar-refractivity contribution in [1.82, 2.24) is 0 Å². The van der Waals surface area contributed by atoms with Crippen LogP contribution in [-0.2, 0) is 9.59 Å². The van der Waals surface area contributed by atoms with Crippen LogP contribution < -0.4 is 15.4 Å². The SMILES string of the molecule is CC(=O)Nc1ccccc1OCC(=O)Nc1ccc(F)cc1Cl. The second-order valence-corrected chi connectivity index (χ2v) is 5.05. The summed E-state index contributed by atoms with van der Waals surface area (Å²) < 4.78 is 18.3. The number of ether oxygens (including phenoxy) is 1. The van der Waals surface area contributed by atoms with E-state index in [1.807, 2.05) is 0 Å². The monoisotopic (exact) mass is 336 g/mol. The Morgan fingerprint density at radius 2 is 1.87 bits per heavy atom. The molecule has 2 aromatic rings. The summed E-state index contributed by atoms with van der Waals surface area (Å²) in [6, 6.07) is 10.4. The van der Waals surface area contributed by atoms with Gasteiger partial charge in [-0.1, -0.05) is 23.7 Å². The largest absolute Gasteiger partial charge is 0.482 e. The van der Waals surface area contributed by atoms with Crippen LogP contribution in [0.2, 0.25) is 5.02 Å². The first-order valence-corrected chi connectivity index (χ1v) is 7.08. The molecule has 0 unspecified atom stereocenters. The van der Waals surface area contributed by atoms with Gasteiger partial charge in [0.2, 0.25) is 5.91 Å². The van der Waals surface area contributed by atoms with E-state index in [1.54, 1.807) is 24.3 Å². The van der Waals surface area contributed by atoms with Crippen molar-refractivity contribution in [2.45, 2.75) is 6.92 Å². The number of carbonyl (C=O) groups is 2. The second kappa shape index (κ2) is 7.60. The first-order valence-electron chi connectivity index (χ1n) is 6.70. The van der Waals surface area contributed by atoms with E-state index in [4.69, 9.17) is 16.3 Å². The first-order chi connectivity index (χ1) is 11.0. The van der Waals surface area contributed by atoms with Crippen molar-refractivity contribution in [1.29, 1.82) is 0 Å². The second-order valence-electron chi connectivity index (χ2n) is 4.64. The van der Waals surface area contributed by atoms with Gasteiger partial charge < -0.3 is 15.4 Å². The molecule has 2 amide bonds. The van der Waals surface area contributed by atoms with Gasteiger partial charge in [-0.3, -0.25) is 9.59 Å². The molecule has 0 saturated carbocycles. The van der Waals surface area contributed by atoms with Crippen molar-refractivity contribution >= 4 is 34.8 Å². The average Bonchev–Trinajstić information content (AvgIpc) is 2.49. The highest BCUT2D eigenvalue weighted by Gasteiger charge is 2.10. The molecule has 0 radical (unpaired) electrons. The smallest absolute Gasteiger partial charge is 0.262 e. The molecule has 120 valence electrons. The molecule has 7 heteroatoms. The summed E-state index contributed by atoms with van der Waals surface area (Å²) in [6.07, 6.45) is 0. The molecule has 2 N–H and O–H groups in total. The third-order valence-electron chi connectivity index (χ3n) is 2.76. The molecule has 0 aliphatic heterocycles. The number of rotatable bonds is 5. The number of carbonyl (C=O) groups excluding carboxylic acids is 2. The minimum Gasteiger partial charge on any atom is -0.482 e. The van der Waals surface area contributed by atoms with Gasteiger partial charge in [0, 0.05) is 6.92 Å². The van der Waals surface area contributed by atoms with Crippen LogP contribution in [0, 0.1) is 5.82 Å². The van der Waals surface area contributed by atoms with Gasteiger partial charge in [-0.15, -0.1) is 0 Å². The van der Waals surface area contributed by atoms with Crippen LogP contribution in [0.5, 0.6) is 5.75 Å². The van der Waals surface area contributed by atoms with Crippen LogP contribution in [0.1, 0.15) is 6.92 Å². The number of hydrogen-bond acceptors (Lipinski definition) is 3. The van der Waals surface area contributed by atoms with Gasteiger partial charge in [-0.2, -0.15) is 0 Å². The highest BCUT2D eigenvalue weighted by Crippen LogP contribution is 2.24. The molecule has 0 aliphatic rings. The van der Waals surface area contributed by atoms with Crippen LogP contribution in [0.25, 0.3) is 0 Å². The zero-order chi connectivity index (χ0) is 16.8. The van der Waals surface area contributed by atoms with Gasteiger partial charge in [0.1, 0.15) is 11.6 Å². The summed E-state index contributed by atoms with van der Waals surface area (Å²) in [5, 5.41) is 5.22. The Hall–Kier alpha value is -2.60. The van der Waals surface area contributed by atoms with Crippen molar-refractivity contribution in [3.63, 3.8) is 0 Å². The predicted octanol–water partition coefficient (Wildman–Crippen LogP) is 3.46. The van der Waals surface area contributed by atoms with Gasteiger partial charge in [-0.05, 0) is 30.3 Å². The lowest BCUT2D eigenvalue weighted by Gasteiger charge is -2.12. The van der Waals surface area contributed by atoms with Crippen molar-refractivity contribution in [3.05, 3.63) is 53.3 Å². The van der Waals surface area contributed by atoms with E-state index in [1.165, 1.54) is 19.1 Å². The van der Waals surface area contributed by atoms with E-state index >= 15 is 0 Å². The topological polar surface area (TPSA) is 67.4 Å². The van der Waals surface area contributed by atoms with E-state index in [2.05, 4.69) is 10.6 Å². The Morgan fingerprint density at radius 1 is 1.13 bits per heavy atom. The number of para-hydroxylation sites is 2. The van der Waals surface area contributed by atoms with Crippen molar-refractivity contribution in [2.75, 3.05) is 17.2 Å². The molecule has 0 aliphatic carbocycles. The number of hydrogen-bond donors (Lipinski definition) is 2. The quantitative estimate of drug-likeness (QED) is 0.878. The van der Waals surface area contributed by atoms with Crippen LogP contribution in [0.4, 0.5) is 15.8 Å². The maximum atomic E-state index is 12.9. The third-order valence-corrected chi connectivity index (χ3v) is 3.07. The molecule has 0 atom stereocenters. The van der Waals surface area contributed by atoms with Crippen LogP contribution in [0.15, 0.2) is 42.5 Å². The molecule has 0 aromatic heterocycles. The number of benzene rings is 2. The van der Waals surface area contributed by atoms with E-state index < -0.39 is 11.7 Å². The first kappa shape index (κ1) is 16.8. The molecule has 2 aromatic carbocycles. The summed E-state index contributed by atoms with van der Waals surface area (Å²) in [4.78, 5) is 23.0. The third kappa shape index (κ3) is 4.96. The van der Waals surface area contributed by atoms with E-state index in [-0.39, 0.29) is 23.2 Å². The van der Waals surface area contributed by atoms with Crippen LogP contribution in [-0.4, -0.2) is 18.4 Å². The molecule has 0 fully saturated rings. The summed E-state index contributed by atoms with van der Waals surface area (Å²) in [5.41, 5.74) is 0.754. The Bertz CT molecular complexity index is 737. The van der Waals surface area contributed by atoms with Gasteiger partial charge in [0.05, 0.1) is 16.4 Å². The fourth-order valence-electron chi connectivity index (χ4n) is 1.81. The maximum absolute atomic E-state index is 12.9. The van der Waals surface area contributed by atoms with Gasteiger partial charge >= 0.3 is 0 Å². The highest BCUT2D eigenvalue weighted by atomic mass is 35.5. The normalized spacial score (nSPS) is 10.0. The number of anilines is 2. The molecular weight excluding hydrogens is 323 g/mol. The van der Waals surface area contributed by atoms with Gasteiger partial charge in [-0.25, -0.2) is 4.39 Å². The Labute approximate surface area is 137 Å².